The van der Waals surface area contributed by atoms with Crippen molar-refractivity contribution in [3.05, 3.63) is 55.9 Å². The highest BCUT2D eigenvalue weighted by Crippen LogP contribution is 2.31. The molecule has 0 unspecified atom stereocenters. The Balaban J connectivity index is 2.00. The Bertz CT molecular complexity index is 1150. The van der Waals surface area contributed by atoms with Crippen LogP contribution in [0.3, 0.4) is 0 Å². The first-order valence-electron chi connectivity index (χ1n) is 8.73. The maximum absolute atomic E-state index is 12.7. The summed E-state index contributed by atoms with van der Waals surface area (Å²) in [4.78, 5) is 45.6. The minimum absolute atomic E-state index is 0.185. The molecule has 7 nitrogen and oxygen atoms in total. The van der Waals surface area contributed by atoms with Crippen LogP contribution in [0.5, 0.6) is 0 Å². The molecule has 0 saturated carbocycles. The van der Waals surface area contributed by atoms with Crippen molar-refractivity contribution in [1.29, 1.82) is 0 Å². The molecule has 0 aliphatic heterocycles. The molecule has 0 spiro atoms. The average Bonchev–Trinajstić information content (AvgIpc) is 3.06. The maximum atomic E-state index is 12.7. The fourth-order valence-electron chi connectivity index (χ4n) is 2.83. The smallest absolute Gasteiger partial charge is 0.348 e. The SMILES string of the molecule is COC(=O)Cc1c(C(=O)OC)sc2nc(CSc3cc(C)ccc3C)[nH]c(=O)c12. The Morgan fingerprint density at radius 3 is 2.66 bits per heavy atom. The molecule has 0 fully saturated rings. The fraction of sp³-hybridized carbons (Fsp3) is 0.300. The van der Waals surface area contributed by atoms with Gasteiger partial charge < -0.3 is 14.5 Å². The molecule has 0 bridgehead atoms. The summed E-state index contributed by atoms with van der Waals surface area (Å²) in [5, 5.41) is 0.223. The first kappa shape index (κ1) is 21.1. The first-order valence-corrected chi connectivity index (χ1v) is 10.5. The van der Waals surface area contributed by atoms with E-state index >= 15 is 0 Å². The van der Waals surface area contributed by atoms with E-state index < -0.39 is 17.5 Å². The third-order valence-corrected chi connectivity index (χ3v) is 6.61. The van der Waals surface area contributed by atoms with Crippen LogP contribution >= 0.6 is 23.1 Å². The van der Waals surface area contributed by atoms with Gasteiger partial charge in [0.05, 0.1) is 31.8 Å². The molecule has 0 aliphatic rings. The molecule has 0 saturated heterocycles. The van der Waals surface area contributed by atoms with Gasteiger partial charge in [-0.15, -0.1) is 23.1 Å². The van der Waals surface area contributed by atoms with Crippen LogP contribution in [0.15, 0.2) is 27.9 Å². The molecular weight excluding hydrogens is 412 g/mol. The Hall–Kier alpha value is -2.65. The number of fused-ring (bicyclic) bond motifs is 1. The number of H-pyrrole nitrogens is 1. The lowest BCUT2D eigenvalue weighted by molar-refractivity contribution is -0.139. The summed E-state index contributed by atoms with van der Waals surface area (Å²) in [5.41, 5.74) is 2.19. The van der Waals surface area contributed by atoms with Crippen LogP contribution in [0.2, 0.25) is 0 Å². The number of thiophene rings is 1. The summed E-state index contributed by atoms with van der Waals surface area (Å²) in [6, 6.07) is 6.19. The number of nitrogens with one attached hydrogen (secondary N) is 1. The van der Waals surface area contributed by atoms with E-state index in [0.29, 0.717) is 16.4 Å². The van der Waals surface area contributed by atoms with Gasteiger partial charge in [-0.2, -0.15) is 0 Å². The van der Waals surface area contributed by atoms with E-state index in [-0.39, 0.29) is 22.2 Å². The van der Waals surface area contributed by atoms with E-state index in [1.165, 1.54) is 14.2 Å². The Morgan fingerprint density at radius 2 is 1.97 bits per heavy atom. The lowest BCUT2D eigenvalue weighted by atomic mass is 10.1. The number of benzene rings is 1. The van der Waals surface area contributed by atoms with E-state index in [0.717, 1.165) is 27.4 Å². The molecule has 0 aliphatic carbocycles. The van der Waals surface area contributed by atoms with Crippen LogP contribution in [-0.4, -0.2) is 36.1 Å². The molecule has 0 amide bonds. The molecule has 2 aromatic heterocycles. The number of thioether (sulfide) groups is 1. The number of methoxy groups -OCH3 is 2. The van der Waals surface area contributed by atoms with Crippen molar-refractivity contribution in [3.63, 3.8) is 0 Å². The van der Waals surface area contributed by atoms with Gasteiger partial charge in [0.15, 0.2) is 0 Å². The van der Waals surface area contributed by atoms with Crippen LogP contribution < -0.4 is 5.56 Å². The van der Waals surface area contributed by atoms with Crippen molar-refractivity contribution < 1.29 is 19.1 Å². The number of aromatic amines is 1. The Kier molecular flexibility index (Phi) is 6.39. The van der Waals surface area contributed by atoms with Crippen LogP contribution in [0.25, 0.3) is 10.2 Å². The number of esters is 2. The predicted molar refractivity (Wildman–Crippen MR) is 113 cm³/mol. The molecule has 3 aromatic rings. The number of hydrogen-bond donors (Lipinski definition) is 1. The lowest BCUT2D eigenvalue weighted by Gasteiger charge is -2.06. The first-order chi connectivity index (χ1) is 13.8. The monoisotopic (exact) mass is 432 g/mol. The quantitative estimate of drug-likeness (QED) is 0.471. The van der Waals surface area contributed by atoms with E-state index in [9.17, 15) is 14.4 Å². The summed E-state index contributed by atoms with van der Waals surface area (Å²) >= 11 is 2.62. The minimum atomic E-state index is -0.613. The number of ether oxygens (including phenoxy) is 2. The number of rotatable bonds is 6. The molecular formula is C20H20N2O5S2. The number of carbonyl (C=O) groups is 2. The van der Waals surface area contributed by atoms with Gasteiger partial charge in [0.1, 0.15) is 15.5 Å². The van der Waals surface area contributed by atoms with Crippen molar-refractivity contribution in [2.24, 2.45) is 0 Å². The molecule has 3 rings (SSSR count). The van der Waals surface area contributed by atoms with Crippen molar-refractivity contribution >= 4 is 45.3 Å². The predicted octanol–water partition coefficient (Wildman–Crippen LogP) is 3.40. The van der Waals surface area contributed by atoms with Crippen LogP contribution in [0, 0.1) is 13.8 Å². The summed E-state index contributed by atoms with van der Waals surface area (Å²) < 4.78 is 9.49. The van der Waals surface area contributed by atoms with E-state index in [1.54, 1.807) is 11.8 Å². The standard InChI is InChI=1S/C20H20N2O5S2/c1-10-5-6-11(2)13(7-10)28-9-14-21-18(24)16-12(8-15(23)26-3)17(20(25)27-4)29-19(16)22-14/h5-7H,8-9H2,1-4H3,(H,21,22,24). The van der Waals surface area contributed by atoms with Gasteiger partial charge in [-0.1, -0.05) is 17.7 Å². The zero-order valence-electron chi connectivity index (χ0n) is 16.5. The van der Waals surface area contributed by atoms with E-state index in [1.807, 2.05) is 19.9 Å². The third-order valence-electron chi connectivity index (χ3n) is 4.34. The molecule has 1 N–H and O–H groups in total. The minimum Gasteiger partial charge on any atom is -0.469 e. The fourth-order valence-corrected chi connectivity index (χ4v) is 4.95. The number of carbonyl (C=O) groups excluding carboxylic acids is 2. The normalized spacial score (nSPS) is 10.9. The second kappa shape index (κ2) is 8.79. The highest BCUT2D eigenvalue weighted by atomic mass is 32.2. The van der Waals surface area contributed by atoms with Crippen LogP contribution in [0.1, 0.15) is 32.2 Å². The molecule has 0 radical (unpaired) electrons. The molecule has 9 heteroatoms. The summed E-state index contributed by atoms with van der Waals surface area (Å²) in [5.74, 6) is -0.204. The molecule has 29 heavy (non-hydrogen) atoms. The second-order valence-electron chi connectivity index (χ2n) is 6.40. The molecule has 2 heterocycles. The average molecular weight is 433 g/mol. The molecule has 152 valence electrons. The summed E-state index contributed by atoms with van der Waals surface area (Å²) in [6.07, 6.45) is -0.206. The Labute approximate surface area is 175 Å². The lowest BCUT2D eigenvalue weighted by Crippen LogP contribution is -2.15. The van der Waals surface area contributed by atoms with Crippen LogP contribution in [-0.2, 0) is 26.4 Å². The van der Waals surface area contributed by atoms with Crippen molar-refractivity contribution in [2.75, 3.05) is 14.2 Å². The van der Waals surface area contributed by atoms with Crippen LogP contribution in [0.4, 0.5) is 0 Å². The van der Waals surface area contributed by atoms with Gasteiger partial charge in [-0.25, -0.2) is 9.78 Å². The summed E-state index contributed by atoms with van der Waals surface area (Å²) in [7, 11) is 2.50. The third kappa shape index (κ3) is 4.51. The topological polar surface area (TPSA) is 98.3 Å². The van der Waals surface area contributed by atoms with Gasteiger partial charge in [0, 0.05) is 10.5 Å². The van der Waals surface area contributed by atoms with Gasteiger partial charge >= 0.3 is 11.9 Å². The van der Waals surface area contributed by atoms with Crippen molar-refractivity contribution in [2.45, 2.75) is 30.9 Å². The second-order valence-corrected chi connectivity index (χ2v) is 8.42. The number of aromatic nitrogens is 2. The van der Waals surface area contributed by atoms with Crippen molar-refractivity contribution in [3.8, 4) is 0 Å². The van der Waals surface area contributed by atoms with Gasteiger partial charge in [-0.05, 0) is 25.5 Å². The van der Waals surface area contributed by atoms with E-state index in [4.69, 9.17) is 9.47 Å². The van der Waals surface area contributed by atoms with E-state index in [2.05, 4.69) is 22.1 Å². The summed E-state index contributed by atoms with van der Waals surface area (Å²) in [6.45, 7) is 4.06. The molecule has 0 atom stereocenters. The maximum Gasteiger partial charge on any atom is 0.348 e. The van der Waals surface area contributed by atoms with Gasteiger partial charge in [0.25, 0.3) is 5.56 Å². The van der Waals surface area contributed by atoms with Gasteiger partial charge in [0.2, 0.25) is 0 Å². The highest BCUT2D eigenvalue weighted by Gasteiger charge is 2.24. The zero-order valence-corrected chi connectivity index (χ0v) is 18.1. The zero-order chi connectivity index (χ0) is 21.1. The van der Waals surface area contributed by atoms with Gasteiger partial charge in [-0.3, -0.25) is 9.59 Å². The number of nitrogens with zero attached hydrogens (tertiary/aromatic N) is 1. The van der Waals surface area contributed by atoms with Crippen molar-refractivity contribution in [1.82, 2.24) is 9.97 Å². The highest BCUT2D eigenvalue weighted by molar-refractivity contribution is 7.98. The Morgan fingerprint density at radius 1 is 1.21 bits per heavy atom. The number of hydrogen-bond acceptors (Lipinski definition) is 8. The largest absolute Gasteiger partial charge is 0.469 e. The number of aryl methyl sites for hydroxylation is 2. The molecule has 1 aromatic carbocycles.